The minimum atomic E-state index is -0.533. The molecular weight excluding hydrogens is 305 g/mol. The lowest BCUT2D eigenvalue weighted by Crippen LogP contribution is -2.31. The van der Waals surface area contributed by atoms with Gasteiger partial charge < -0.3 is 9.88 Å². The van der Waals surface area contributed by atoms with Gasteiger partial charge in [0, 0.05) is 25.0 Å². The normalized spacial score (nSPS) is 12.0. The first-order valence-corrected chi connectivity index (χ1v) is 7.65. The van der Waals surface area contributed by atoms with Gasteiger partial charge in [-0.25, -0.2) is 9.37 Å². The Bertz CT molecular complexity index is 855. The Morgan fingerprint density at radius 2 is 1.96 bits per heavy atom. The molecule has 0 aliphatic heterocycles. The third kappa shape index (κ3) is 3.35. The number of hydrogen-bond donors (Lipinski definition) is 1. The van der Waals surface area contributed by atoms with E-state index in [-0.39, 0.29) is 11.7 Å². The molecule has 0 unspecified atom stereocenters. The predicted octanol–water partition coefficient (Wildman–Crippen LogP) is 3.39. The lowest BCUT2D eigenvalue weighted by Gasteiger charge is -2.19. The Morgan fingerprint density at radius 1 is 1.21 bits per heavy atom. The van der Waals surface area contributed by atoms with E-state index < -0.39 is 6.04 Å². The molecule has 0 bridgehead atoms. The van der Waals surface area contributed by atoms with Gasteiger partial charge in [-0.2, -0.15) is 0 Å². The van der Waals surface area contributed by atoms with Gasteiger partial charge >= 0.3 is 0 Å². The van der Waals surface area contributed by atoms with Gasteiger partial charge in [0.15, 0.2) is 0 Å². The van der Waals surface area contributed by atoms with Crippen molar-refractivity contribution in [1.82, 2.24) is 14.9 Å². The number of rotatable bonds is 4. The maximum absolute atomic E-state index is 13.6. The molecule has 1 amide bonds. The molecular formula is C19H18FN3O. The highest BCUT2D eigenvalue weighted by Gasteiger charge is 2.21. The van der Waals surface area contributed by atoms with Crippen LogP contribution in [0.25, 0.3) is 0 Å². The van der Waals surface area contributed by atoms with Crippen LogP contribution in [-0.4, -0.2) is 15.5 Å². The molecule has 3 aromatic rings. The molecule has 0 fully saturated rings. The van der Waals surface area contributed by atoms with Crippen LogP contribution < -0.4 is 5.32 Å². The number of imidazole rings is 1. The number of halogens is 1. The summed E-state index contributed by atoms with van der Waals surface area (Å²) in [4.78, 5) is 16.9. The van der Waals surface area contributed by atoms with Crippen molar-refractivity contribution < 1.29 is 9.18 Å². The van der Waals surface area contributed by atoms with Crippen molar-refractivity contribution in [3.63, 3.8) is 0 Å². The highest BCUT2D eigenvalue weighted by molar-refractivity contribution is 5.94. The Balaban J connectivity index is 1.95. The van der Waals surface area contributed by atoms with Gasteiger partial charge in [0.05, 0.1) is 0 Å². The van der Waals surface area contributed by atoms with Crippen LogP contribution >= 0.6 is 0 Å². The average Bonchev–Trinajstić information content (AvgIpc) is 2.99. The van der Waals surface area contributed by atoms with Crippen molar-refractivity contribution in [2.24, 2.45) is 7.05 Å². The maximum Gasteiger partial charge on any atom is 0.252 e. The number of nitrogens with one attached hydrogen (secondary N) is 1. The molecule has 0 aliphatic rings. The zero-order valence-electron chi connectivity index (χ0n) is 13.5. The Kier molecular flexibility index (Phi) is 4.42. The van der Waals surface area contributed by atoms with E-state index in [0.717, 1.165) is 5.56 Å². The van der Waals surface area contributed by atoms with E-state index in [0.29, 0.717) is 17.0 Å². The van der Waals surface area contributed by atoms with Crippen LogP contribution in [0.1, 0.15) is 33.4 Å². The van der Waals surface area contributed by atoms with E-state index in [1.54, 1.807) is 36.7 Å². The Hall–Kier alpha value is -2.95. The summed E-state index contributed by atoms with van der Waals surface area (Å²) in [7, 11) is 1.84. The lowest BCUT2D eigenvalue weighted by atomic mass is 10.0. The van der Waals surface area contributed by atoms with Crippen molar-refractivity contribution in [2.75, 3.05) is 0 Å². The fourth-order valence-corrected chi connectivity index (χ4v) is 2.56. The number of nitrogens with zero attached hydrogens (tertiary/aromatic N) is 2. The molecule has 122 valence electrons. The summed E-state index contributed by atoms with van der Waals surface area (Å²) < 4.78 is 15.4. The molecule has 1 atom stereocenters. The second-order valence-electron chi connectivity index (χ2n) is 5.72. The number of benzene rings is 2. The third-order valence-electron chi connectivity index (χ3n) is 3.89. The number of hydrogen-bond acceptors (Lipinski definition) is 2. The van der Waals surface area contributed by atoms with Gasteiger partial charge in [-0.15, -0.1) is 0 Å². The second kappa shape index (κ2) is 6.66. The van der Waals surface area contributed by atoms with E-state index in [2.05, 4.69) is 10.3 Å². The Morgan fingerprint density at radius 3 is 2.58 bits per heavy atom. The fraction of sp³-hybridized carbons (Fsp3) is 0.158. The summed E-state index contributed by atoms with van der Waals surface area (Å²) in [6, 6.07) is 13.0. The molecule has 3 rings (SSSR count). The predicted molar refractivity (Wildman–Crippen MR) is 90.1 cm³/mol. The van der Waals surface area contributed by atoms with Gasteiger partial charge in [0.25, 0.3) is 5.91 Å². The molecule has 1 N–H and O–H groups in total. The number of amides is 1. The largest absolute Gasteiger partial charge is 0.338 e. The standard InChI is InChI=1S/C19H18FN3O/c1-13-6-8-14(9-7-13)19(24)22-17(18-21-10-11-23(18)2)15-4-3-5-16(20)12-15/h3-12,17H,1-2H3,(H,22,24)/t17-/m0/s1. The van der Waals surface area contributed by atoms with E-state index in [1.807, 2.05) is 30.7 Å². The monoisotopic (exact) mass is 323 g/mol. The molecule has 0 aliphatic carbocycles. The average molecular weight is 323 g/mol. The molecule has 0 saturated carbocycles. The SMILES string of the molecule is Cc1ccc(C(=O)N[C@@H](c2cccc(F)c2)c2nccn2C)cc1. The van der Waals surface area contributed by atoms with Gasteiger partial charge in [0.2, 0.25) is 0 Å². The topological polar surface area (TPSA) is 46.9 Å². The van der Waals surface area contributed by atoms with Gasteiger partial charge in [-0.1, -0.05) is 29.8 Å². The van der Waals surface area contributed by atoms with Gasteiger partial charge in [-0.05, 0) is 36.8 Å². The first kappa shape index (κ1) is 15.9. The third-order valence-corrected chi connectivity index (χ3v) is 3.89. The first-order chi connectivity index (χ1) is 11.5. The van der Waals surface area contributed by atoms with E-state index in [4.69, 9.17) is 0 Å². The smallest absolute Gasteiger partial charge is 0.252 e. The maximum atomic E-state index is 13.6. The van der Waals surface area contributed by atoms with Crippen LogP contribution in [0.4, 0.5) is 4.39 Å². The zero-order valence-corrected chi connectivity index (χ0v) is 13.5. The van der Waals surface area contributed by atoms with Crippen molar-refractivity contribution in [1.29, 1.82) is 0 Å². The van der Waals surface area contributed by atoms with E-state index in [1.165, 1.54) is 12.1 Å². The van der Waals surface area contributed by atoms with Crippen molar-refractivity contribution in [2.45, 2.75) is 13.0 Å². The first-order valence-electron chi connectivity index (χ1n) is 7.65. The highest BCUT2D eigenvalue weighted by atomic mass is 19.1. The summed E-state index contributed by atoms with van der Waals surface area (Å²) in [6.07, 6.45) is 3.44. The molecule has 4 nitrogen and oxygen atoms in total. The molecule has 1 aromatic heterocycles. The van der Waals surface area contributed by atoms with E-state index >= 15 is 0 Å². The molecule has 24 heavy (non-hydrogen) atoms. The van der Waals surface area contributed by atoms with Crippen LogP contribution in [0.3, 0.4) is 0 Å². The molecule has 0 radical (unpaired) electrons. The fourth-order valence-electron chi connectivity index (χ4n) is 2.56. The summed E-state index contributed by atoms with van der Waals surface area (Å²) in [5.74, 6) is 0.0598. The molecule has 5 heteroatoms. The minimum absolute atomic E-state index is 0.229. The van der Waals surface area contributed by atoms with Gasteiger partial charge in [0.1, 0.15) is 17.7 Å². The van der Waals surface area contributed by atoms with E-state index in [9.17, 15) is 9.18 Å². The molecule has 0 saturated heterocycles. The number of carbonyl (C=O) groups excluding carboxylic acids is 1. The minimum Gasteiger partial charge on any atom is -0.338 e. The van der Waals surface area contributed by atoms with Crippen molar-refractivity contribution in [3.8, 4) is 0 Å². The molecule has 0 spiro atoms. The van der Waals surface area contributed by atoms with Crippen LogP contribution in [0.5, 0.6) is 0 Å². The van der Waals surface area contributed by atoms with Crippen LogP contribution in [-0.2, 0) is 7.05 Å². The Labute approximate surface area is 140 Å². The summed E-state index contributed by atoms with van der Waals surface area (Å²) in [5, 5.41) is 2.95. The van der Waals surface area contributed by atoms with Gasteiger partial charge in [-0.3, -0.25) is 4.79 Å². The highest BCUT2D eigenvalue weighted by Crippen LogP contribution is 2.22. The zero-order chi connectivity index (χ0) is 17.1. The number of aryl methyl sites for hydroxylation is 2. The number of aromatic nitrogens is 2. The number of carbonyl (C=O) groups is 1. The van der Waals surface area contributed by atoms with Crippen molar-refractivity contribution >= 4 is 5.91 Å². The summed E-state index contributed by atoms with van der Waals surface area (Å²) in [6.45, 7) is 1.96. The molecule has 1 heterocycles. The van der Waals surface area contributed by atoms with Crippen LogP contribution in [0, 0.1) is 12.7 Å². The lowest BCUT2D eigenvalue weighted by molar-refractivity contribution is 0.0941. The van der Waals surface area contributed by atoms with Crippen LogP contribution in [0.15, 0.2) is 60.9 Å². The summed E-state index contributed by atoms with van der Waals surface area (Å²) in [5.41, 5.74) is 2.28. The molecule has 2 aromatic carbocycles. The van der Waals surface area contributed by atoms with Crippen LogP contribution in [0.2, 0.25) is 0 Å². The summed E-state index contributed by atoms with van der Waals surface area (Å²) >= 11 is 0. The second-order valence-corrected chi connectivity index (χ2v) is 5.72. The van der Waals surface area contributed by atoms with Crippen molar-refractivity contribution in [3.05, 3.63) is 89.3 Å². The quantitative estimate of drug-likeness (QED) is 0.800.